The smallest absolute Gasteiger partial charge is 0.352 e. The Morgan fingerprint density at radius 3 is 2.41 bits per heavy atom. The second-order valence-corrected chi connectivity index (χ2v) is 9.22. The van der Waals surface area contributed by atoms with Gasteiger partial charge in [-0.25, -0.2) is 4.79 Å². The van der Waals surface area contributed by atoms with Gasteiger partial charge in [0.05, 0.1) is 0 Å². The predicted octanol–water partition coefficient (Wildman–Crippen LogP) is 0.763. The third kappa shape index (κ3) is 4.10. The molecule has 0 spiro atoms. The van der Waals surface area contributed by atoms with Crippen LogP contribution in [-0.4, -0.2) is 61.6 Å². The summed E-state index contributed by atoms with van der Waals surface area (Å²) in [5.74, 6) is -3.28. The zero-order valence-corrected chi connectivity index (χ0v) is 19.0. The van der Waals surface area contributed by atoms with E-state index in [9.17, 15) is 34.2 Å². The average molecular weight is 484 g/mol. The van der Waals surface area contributed by atoms with Crippen LogP contribution in [0.2, 0.25) is 0 Å². The number of Topliss-reactive ketones (excluding diaryl/α,β-unsaturated/α-hetero) is 1. The lowest BCUT2D eigenvalue weighted by atomic mass is 9.99. The zero-order chi connectivity index (χ0) is 24.7. The monoisotopic (exact) mass is 483 g/mol. The molecule has 1 aliphatic carbocycles. The number of carboxylic acids is 1. The number of phenols is 1. The summed E-state index contributed by atoms with van der Waals surface area (Å²) in [4.78, 5) is 62.5. The summed E-state index contributed by atoms with van der Waals surface area (Å²) >= 11 is 1.35. The van der Waals surface area contributed by atoms with E-state index in [1.165, 1.54) is 53.9 Å². The van der Waals surface area contributed by atoms with Crippen molar-refractivity contribution in [2.75, 3.05) is 5.75 Å². The number of aromatic hydroxyl groups is 1. The molecule has 10 nitrogen and oxygen atoms in total. The maximum absolute atomic E-state index is 13.3. The summed E-state index contributed by atoms with van der Waals surface area (Å²) in [5.41, 5.74) is 1.40. The van der Waals surface area contributed by atoms with Gasteiger partial charge in [0.25, 0.3) is 5.91 Å². The molecule has 1 aromatic rings. The second-order valence-electron chi connectivity index (χ2n) is 8.12. The zero-order valence-electron chi connectivity index (χ0n) is 18.2. The van der Waals surface area contributed by atoms with Gasteiger partial charge in [-0.3, -0.25) is 24.1 Å². The van der Waals surface area contributed by atoms with Crippen LogP contribution in [0.25, 0.3) is 0 Å². The molecule has 4 N–H and O–H groups in total. The van der Waals surface area contributed by atoms with Crippen LogP contribution >= 0.6 is 11.8 Å². The van der Waals surface area contributed by atoms with E-state index in [0.29, 0.717) is 16.9 Å². The molecule has 3 atom stereocenters. The summed E-state index contributed by atoms with van der Waals surface area (Å²) in [6.07, 6.45) is 2.54. The van der Waals surface area contributed by atoms with Crippen LogP contribution in [0.1, 0.15) is 25.5 Å². The lowest BCUT2D eigenvalue weighted by Gasteiger charge is -2.49. The van der Waals surface area contributed by atoms with Gasteiger partial charge in [-0.2, -0.15) is 0 Å². The molecule has 0 unspecified atom stereocenters. The molecule has 0 bridgehead atoms. The Balaban J connectivity index is 1.58. The van der Waals surface area contributed by atoms with Crippen molar-refractivity contribution in [3.8, 4) is 5.75 Å². The molecule has 0 saturated carbocycles. The van der Waals surface area contributed by atoms with Crippen molar-refractivity contribution in [2.24, 2.45) is 0 Å². The van der Waals surface area contributed by atoms with Crippen molar-refractivity contribution in [1.29, 1.82) is 0 Å². The highest BCUT2D eigenvalue weighted by Crippen LogP contribution is 2.40. The Kier molecular flexibility index (Phi) is 6.05. The number of rotatable bonds is 6. The van der Waals surface area contributed by atoms with E-state index in [4.69, 9.17) is 0 Å². The highest BCUT2D eigenvalue weighted by molar-refractivity contribution is 8.00. The molecule has 0 aromatic heterocycles. The molecular weight excluding hydrogens is 462 g/mol. The summed E-state index contributed by atoms with van der Waals surface area (Å²) in [6.45, 7) is 3.14. The number of ketones is 2. The first-order valence-corrected chi connectivity index (χ1v) is 11.4. The molecule has 2 aliphatic heterocycles. The number of β-lactam (4-membered cyclic amide) rings is 1. The Hall–Kier alpha value is -3.86. The number of carbonyl (C=O) groups is 5. The van der Waals surface area contributed by atoms with Crippen LogP contribution < -0.4 is 10.6 Å². The maximum Gasteiger partial charge on any atom is 0.352 e. The van der Waals surface area contributed by atoms with Gasteiger partial charge in [0, 0.05) is 23.1 Å². The van der Waals surface area contributed by atoms with E-state index < -0.39 is 46.8 Å². The number of carboxylic acid groups (broad SMARTS) is 1. The van der Waals surface area contributed by atoms with Crippen molar-refractivity contribution in [2.45, 2.75) is 31.3 Å². The lowest BCUT2D eigenvalue weighted by molar-refractivity contribution is -0.151. The number of allylic oxidation sites excluding steroid dienone is 3. The normalized spacial score (nSPS) is 22.9. The standard InChI is InChI=1S/C23H21N3O7S/c1-10-7-13(8-15(28)19(10)29)24-16(12-3-5-14(27)6-4-12)20(30)25-17-21(31)26-18(23(32)33)11(2)9-34-22(17)26/h3-8,16-17,22,24,27H,9H2,1-2H3,(H,25,30)(H,32,33)/t16-,17-,22-/m1/s1. The molecule has 0 radical (unpaired) electrons. The maximum atomic E-state index is 13.3. The van der Waals surface area contributed by atoms with Gasteiger partial charge >= 0.3 is 5.97 Å². The van der Waals surface area contributed by atoms with E-state index >= 15 is 0 Å². The predicted molar refractivity (Wildman–Crippen MR) is 121 cm³/mol. The van der Waals surface area contributed by atoms with Crippen molar-refractivity contribution < 1.29 is 34.2 Å². The first kappa shape index (κ1) is 23.3. The van der Waals surface area contributed by atoms with Crippen LogP contribution in [0.4, 0.5) is 0 Å². The van der Waals surface area contributed by atoms with E-state index in [1.54, 1.807) is 6.92 Å². The number of thioether (sulfide) groups is 1. The second kappa shape index (κ2) is 8.82. The molecular formula is C23H21N3O7S. The Labute approximate surface area is 198 Å². The van der Waals surface area contributed by atoms with Crippen LogP contribution in [0.5, 0.6) is 5.75 Å². The number of hydrogen-bond acceptors (Lipinski definition) is 8. The SMILES string of the molecule is CC1=CC(N[C@@H](C(=O)N[C@@H]2C(=O)N3C(C(=O)O)=C(C)CS[C@H]23)c2ccc(O)cc2)=CC(=O)C1=O. The van der Waals surface area contributed by atoms with Crippen molar-refractivity contribution in [3.63, 3.8) is 0 Å². The van der Waals surface area contributed by atoms with Gasteiger partial charge in [0.2, 0.25) is 17.5 Å². The minimum Gasteiger partial charge on any atom is -0.508 e. The van der Waals surface area contributed by atoms with Gasteiger partial charge in [0.1, 0.15) is 28.9 Å². The quantitative estimate of drug-likeness (QED) is 0.261. The highest BCUT2D eigenvalue weighted by atomic mass is 32.2. The topological polar surface area (TPSA) is 153 Å². The third-order valence-electron chi connectivity index (χ3n) is 5.70. The van der Waals surface area contributed by atoms with Gasteiger partial charge in [0.15, 0.2) is 0 Å². The number of aliphatic carboxylic acids is 1. The van der Waals surface area contributed by atoms with Gasteiger partial charge < -0.3 is 20.8 Å². The fraction of sp³-hybridized carbons (Fsp3) is 0.261. The molecule has 176 valence electrons. The van der Waals surface area contributed by atoms with E-state index in [1.807, 2.05) is 0 Å². The Morgan fingerprint density at radius 1 is 1.12 bits per heavy atom. The number of phenolic OH excluding ortho intramolecular Hbond substituents is 1. The van der Waals surface area contributed by atoms with Gasteiger partial charge in [-0.05, 0) is 43.2 Å². The average Bonchev–Trinajstić information content (AvgIpc) is 2.79. The molecule has 4 rings (SSSR count). The molecule has 2 heterocycles. The first-order chi connectivity index (χ1) is 16.1. The number of hydrogen-bond donors (Lipinski definition) is 4. The minimum absolute atomic E-state index is 0.0110. The van der Waals surface area contributed by atoms with Crippen LogP contribution in [-0.2, 0) is 24.0 Å². The summed E-state index contributed by atoms with van der Waals surface area (Å²) < 4.78 is 0. The summed E-state index contributed by atoms with van der Waals surface area (Å²) in [6, 6.07) is 3.81. The van der Waals surface area contributed by atoms with E-state index in [-0.39, 0.29) is 22.7 Å². The molecule has 11 heteroatoms. The summed E-state index contributed by atoms with van der Waals surface area (Å²) in [5, 5.41) is 24.2. The highest BCUT2D eigenvalue weighted by Gasteiger charge is 2.54. The number of carbonyl (C=O) groups excluding carboxylic acids is 4. The first-order valence-electron chi connectivity index (χ1n) is 10.3. The van der Waals surface area contributed by atoms with Crippen LogP contribution in [0, 0.1) is 0 Å². The van der Waals surface area contributed by atoms with Crippen LogP contribution in [0.15, 0.2) is 59.0 Å². The van der Waals surface area contributed by atoms with Crippen molar-refractivity contribution in [3.05, 3.63) is 64.5 Å². The number of amides is 2. The third-order valence-corrected chi connectivity index (χ3v) is 7.12. The van der Waals surface area contributed by atoms with Crippen molar-refractivity contribution >= 4 is 41.1 Å². The molecule has 1 aromatic carbocycles. The van der Waals surface area contributed by atoms with Gasteiger partial charge in [-0.15, -0.1) is 11.8 Å². The largest absolute Gasteiger partial charge is 0.508 e. The van der Waals surface area contributed by atoms with Crippen molar-refractivity contribution in [1.82, 2.24) is 15.5 Å². The fourth-order valence-electron chi connectivity index (χ4n) is 3.97. The number of nitrogens with one attached hydrogen (secondary N) is 2. The number of benzene rings is 1. The molecule has 1 fully saturated rings. The van der Waals surface area contributed by atoms with Gasteiger partial charge in [-0.1, -0.05) is 12.1 Å². The number of fused-ring (bicyclic) bond motifs is 1. The Morgan fingerprint density at radius 2 is 1.79 bits per heavy atom. The minimum atomic E-state index is -1.20. The van der Waals surface area contributed by atoms with Crippen LogP contribution in [0.3, 0.4) is 0 Å². The summed E-state index contributed by atoms with van der Waals surface area (Å²) in [7, 11) is 0. The molecule has 3 aliphatic rings. The Bertz CT molecular complexity index is 1220. The van der Waals surface area contributed by atoms with E-state index in [2.05, 4.69) is 10.6 Å². The van der Waals surface area contributed by atoms with E-state index in [0.717, 1.165) is 6.08 Å². The number of nitrogens with zero attached hydrogens (tertiary/aromatic N) is 1. The molecule has 2 amide bonds. The molecule has 1 saturated heterocycles. The fourth-order valence-corrected chi connectivity index (χ4v) is 5.26. The lowest BCUT2D eigenvalue weighted by Crippen LogP contribution is -2.71. The molecule has 34 heavy (non-hydrogen) atoms.